The lowest BCUT2D eigenvalue weighted by molar-refractivity contribution is -0.130. The highest BCUT2D eigenvalue weighted by molar-refractivity contribution is 7.90. The van der Waals surface area contributed by atoms with Gasteiger partial charge >= 0.3 is 0 Å². The normalized spacial score (nSPS) is 16.0. The second kappa shape index (κ2) is 9.18. The maximum absolute atomic E-state index is 14.1. The second-order valence-corrected chi connectivity index (χ2v) is 10.9. The maximum atomic E-state index is 14.1. The fourth-order valence-electron chi connectivity index (χ4n) is 4.18. The van der Waals surface area contributed by atoms with Gasteiger partial charge in [0.05, 0.1) is 11.2 Å². The lowest BCUT2D eigenvalue weighted by atomic mass is 10.1. The number of anilines is 1. The molecule has 10 nitrogen and oxygen atoms in total. The summed E-state index contributed by atoms with van der Waals surface area (Å²) in [6.45, 7) is 0.0532. The number of aromatic hydroxyl groups is 1. The molecule has 194 valence electrons. The number of carbonyl (C=O) groups excluding carboxylic acids is 1. The molecule has 3 aromatic rings. The SMILES string of the molecule is CN(C)C(=O)COc1ccc2c(c1)S(=O)(=O)N=C(c1c(O)c3cc(F)ccc3n(CCC3CC3)c1=O)N2. The molecule has 1 amide bonds. The number of amides is 1. The van der Waals surface area contributed by atoms with Gasteiger partial charge < -0.3 is 24.6 Å². The highest BCUT2D eigenvalue weighted by Gasteiger charge is 2.31. The number of hydrogen-bond acceptors (Lipinski definition) is 7. The Morgan fingerprint density at radius 3 is 2.70 bits per heavy atom. The molecule has 2 N–H and O–H groups in total. The van der Waals surface area contributed by atoms with Crippen LogP contribution < -0.4 is 15.6 Å². The summed E-state index contributed by atoms with van der Waals surface area (Å²) < 4.78 is 50.9. The van der Waals surface area contributed by atoms with E-state index in [1.165, 1.54) is 39.8 Å². The minimum atomic E-state index is -4.32. The molecule has 1 saturated carbocycles. The highest BCUT2D eigenvalue weighted by Crippen LogP contribution is 2.36. The third kappa shape index (κ3) is 4.76. The molecule has 1 aliphatic carbocycles. The van der Waals surface area contributed by atoms with Crippen LogP contribution in [0.3, 0.4) is 0 Å². The van der Waals surface area contributed by atoms with Crippen LogP contribution in [0.1, 0.15) is 24.8 Å². The van der Waals surface area contributed by atoms with Crippen molar-refractivity contribution in [3.63, 3.8) is 0 Å². The van der Waals surface area contributed by atoms with Crippen LogP contribution in [0.4, 0.5) is 10.1 Å². The summed E-state index contributed by atoms with van der Waals surface area (Å²) in [5.74, 6) is -1.20. The molecule has 12 heteroatoms. The Morgan fingerprint density at radius 2 is 2.00 bits per heavy atom. The van der Waals surface area contributed by atoms with E-state index in [9.17, 15) is 27.5 Å². The predicted octanol–water partition coefficient (Wildman–Crippen LogP) is 2.67. The van der Waals surface area contributed by atoms with Gasteiger partial charge in [-0.05, 0) is 42.7 Å². The van der Waals surface area contributed by atoms with Gasteiger partial charge in [0, 0.05) is 32.1 Å². The zero-order valence-corrected chi connectivity index (χ0v) is 21.0. The van der Waals surface area contributed by atoms with Crippen LogP contribution in [0.5, 0.6) is 11.5 Å². The molecule has 1 aromatic heterocycles. The van der Waals surface area contributed by atoms with Gasteiger partial charge in [0.1, 0.15) is 27.8 Å². The Kier molecular flexibility index (Phi) is 6.14. The van der Waals surface area contributed by atoms with Gasteiger partial charge in [0.2, 0.25) is 0 Å². The first kappa shape index (κ1) is 24.8. The first-order chi connectivity index (χ1) is 17.5. The Hall–Kier alpha value is -3.93. The third-order valence-corrected chi connectivity index (χ3v) is 7.77. The summed E-state index contributed by atoms with van der Waals surface area (Å²) in [5.41, 5.74) is -0.537. The first-order valence-corrected chi connectivity index (χ1v) is 13.1. The van der Waals surface area contributed by atoms with E-state index < -0.39 is 27.1 Å². The van der Waals surface area contributed by atoms with Crippen molar-refractivity contribution >= 4 is 38.4 Å². The number of aryl methyl sites for hydroxylation is 1. The molecule has 0 saturated heterocycles. The van der Waals surface area contributed by atoms with E-state index in [1.807, 2.05) is 0 Å². The number of halogens is 1. The highest BCUT2D eigenvalue weighted by atomic mass is 32.2. The minimum Gasteiger partial charge on any atom is -0.506 e. The molecule has 5 rings (SSSR count). The number of fused-ring (bicyclic) bond motifs is 2. The Balaban J connectivity index is 1.57. The third-order valence-electron chi connectivity index (χ3n) is 6.45. The largest absolute Gasteiger partial charge is 0.506 e. The van der Waals surface area contributed by atoms with E-state index in [0.29, 0.717) is 18.0 Å². The molecule has 0 unspecified atom stereocenters. The van der Waals surface area contributed by atoms with Gasteiger partial charge in [-0.3, -0.25) is 9.59 Å². The number of nitrogens with one attached hydrogen (secondary N) is 1. The van der Waals surface area contributed by atoms with Gasteiger partial charge in [-0.25, -0.2) is 4.39 Å². The molecule has 1 aliphatic heterocycles. The Bertz CT molecular complexity index is 1630. The molecule has 1 fully saturated rings. The molecule has 0 atom stereocenters. The number of hydrogen-bond donors (Lipinski definition) is 2. The van der Waals surface area contributed by atoms with Crippen LogP contribution in [0.15, 0.2) is 50.5 Å². The van der Waals surface area contributed by atoms with Crippen molar-refractivity contribution in [2.45, 2.75) is 30.7 Å². The average Bonchev–Trinajstić information content (AvgIpc) is 3.67. The number of pyridine rings is 1. The zero-order chi connectivity index (χ0) is 26.5. The summed E-state index contributed by atoms with van der Waals surface area (Å²) in [4.78, 5) is 26.5. The average molecular weight is 529 g/mol. The van der Waals surface area contributed by atoms with Crippen molar-refractivity contribution in [2.75, 3.05) is 26.0 Å². The minimum absolute atomic E-state index is 0.0763. The molecular weight excluding hydrogens is 503 g/mol. The molecule has 2 aromatic carbocycles. The number of rotatable bonds is 7. The molecule has 0 bridgehead atoms. The number of aromatic nitrogens is 1. The quantitative estimate of drug-likeness (QED) is 0.482. The van der Waals surface area contributed by atoms with Gasteiger partial charge in [-0.2, -0.15) is 8.42 Å². The lowest BCUT2D eigenvalue weighted by Crippen LogP contribution is -2.33. The topological polar surface area (TPSA) is 130 Å². The molecule has 0 spiro atoms. The predicted molar refractivity (Wildman–Crippen MR) is 135 cm³/mol. The number of sulfonamides is 1. The zero-order valence-electron chi connectivity index (χ0n) is 20.2. The Morgan fingerprint density at radius 1 is 1.24 bits per heavy atom. The van der Waals surface area contributed by atoms with Crippen LogP contribution in [0.2, 0.25) is 0 Å². The summed E-state index contributed by atoms with van der Waals surface area (Å²) in [5, 5.41) is 13.9. The first-order valence-electron chi connectivity index (χ1n) is 11.7. The maximum Gasteiger partial charge on any atom is 0.286 e. The van der Waals surface area contributed by atoms with E-state index in [4.69, 9.17) is 4.74 Å². The van der Waals surface area contributed by atoms with Crippen molar-refractivity contribution in [3.8, 4) is 11.5 Å². The summed E-state index contributed by atoms with van der Waals surface area (Å²) in [7, 11) is -1.19. The number of carbonyl (C=O) groups is 1. The van der Waals surface area contributed by atoms with Crippen molar-refractivity contribution in [1.29, 1.82) is 0 Å². The van der Waals surface area contributed by atoms with Crippen LogP contribution >= 0.6 is 0 Å². The number of likely N-dealkylation sites (N-methyl/N-ethyl adjacent to an activating group) is 1. The number of nitrogens with zero attached hydrogens (tertiary/aromatic N) is 3. The van der Waals surface area contributed by atoms with Crippen molar-refractivity contribution in [3.05, 3.63) is 58.1 Å². The van der Waals surface area contributed by atoms with Crippen LogP contribution in [-0.4, -0.2) is 55.4 Å². The Labute approximate surface area is 212 Å². The van der Waals surface area contributed by atoms with E-state index in [0.717, 1.165) is 25.3 Å². The van der Waals surface area contributed by atoms with E-state index in [2.05, 4.69) is 9.71 Å². The number of amidine groups is 1. The molecule has 2 heterocycles. The van der Waals surface area contributed by atoms with E-state index >= 15 is 0 Å². The van der Waals surface area contributed by atoms with Crippen LogP contribution in [0, 0.1) is 11.7 Å². The molecule has 2 aliphatic rings. The van der Waals surface area contributed by atoms with Crippen LogP contribution in [-0.2, 0) is 21.4 Å². The number of ether oxygens (including phenoxy) is 1. The van der Waals surface area contributed by atoms with Gasteiger partial charge in [0.25, 0.3) is 21.5 Å². The molecule has 0 radical (unpaired) electrons. The fraction of sp³-hybridized carbons (Fsp3) is 0.320. The van der Waals surface area contributed by atoms with Crippen molar-refractivity contribution in [1.82, 2.24) is 9.47 Å². The standard InChI is InChI=1S/C25H25FN4O6S/c1-29(2)21(31)13-36-16-6-7-18-20(12-16)37(34,35)28-24(27-18)22-23(32)17-11-15(26)5-8-19(17)30(25(22)33)10-9-14-3-4-14/h5-8,11-12,14,32H,3-4,9-10,13H2,1-2H3,(H,27,28). The fourth-order valence-corrected chi connectivity index (χ4v) is 5.32. The number of benzene rings is 2. The van der Waals surface area contributed by atoms with E-state index in [-0.39, 0.29) is 45.6 Å². The summed E-state index contributed by atoms with van der Waals surface area (Å²) in [6, 6.07) is 7.85. The summed E-state index contributed by atoms with van der Waals surface area (Å²) in [6.07, 6.45) is 2.88. The van der Waals surface area contributed by atoms with Gasteiger partial charge in [-0.15, -0.1) is 4.40 Å². The van der Waals surface area contributed by atoms with E-state index in [1.54, 1.807) is 14.1 Å². The summed E-state index contributed by atoms with van der Waals surface area (Å²) >= 11 is 0. The monoisotopic (exact) mass is 528 g/mol. The van der Waals surface area contributed by atoms with Gasteiger partial charge in [0.15, 0.2) is 12.4 Å². The lowest BCUT2D eigenvalue weighted by Gasteiger charge is -2.21. The smallest absolute Gasteiger partial charge is 0.286 e. The van der Waals surface area contributed by atoms with Crippen molar-refractivity contribution in [2.24, 2.45) is 10.3 Å². The molecule has 37 heavy (non-hydrogen) atoms. The second-order valence-electron chi connectivity index (χ2n) is 9.35. The van der Waals surface area contributed by atoms with Gasteiger partial charge in [-0.1, -0.05) is 12.8 Å². The van der Waals surface area contributed by atoms with Crippen molar-refractivity contribution < 1.29 is 27.4 Å². The van der Waals surface area contributed by atoms with Crippen LogP contribution in [0.25, 0.3) is 10.9 Å². The molecular formula is C25H25FN4O6S.